The van der Waals surface area contributed by atoms with E-state index in [1.165, 1.54) is 0 Å². The maximum atomic E-state index is 5.86. The molecule has 0 saturated heterocycles. The minimum absolute atomic E-state index is 0. The van der Waals surface area contributed by atoms with E-state index in [0.717, 1.165) is 27.7 Å². The van der Waals surface area contributed by atoms with Crippen LogP contribution in [0, 0.1) is 429 Å². The summed E-state index contributed by atoms with van der Waals surface area (Å²) in [6.45, 7) is 4.06. The van der Waals surface area contributed by atoms with Gasteiger partial charge in [-0.1, -0.05) is 6.07 Å². The zero-order chi connectivity index (χ0) is 9.42. The fourth-order valence-corrected chi connectivity index (χ4v) is 1.59. The van der Waals surface area contributed by atoms with Gasteiger partial charge in [-0.05, 0) is 37.1 Å². The molecule has 13 heteroatoms. The van der Waals surface area contributed by atoms with Crippen molar-refractivity contribution < 1.29 is 415 Å². The van der Waals surface area contributed by atoms with Gasteiger partial charge < -0.3 is 5.73 Å². The number of rotatable bonds is 0. The first kappa shape index (κ1) is 65.4. The Morgan fingerprint density at radius 3 is 1.58 bits per heavy atom. The molecule has 0 saturated carbocycles. The molecular formula is C11H12Ar11N2. The molecule has 0 spiro atoms. The molecule has 0 bridgehead atoms. The Morgan fingerprint density at radius 2 is 1.17 bits per heavy atom. The monoisotopic (exact) mass is 612 g/mol. The van der Waals surface area contributed by atoms with Gasteiger partial charge in [0, 0.05) is 432 Å². The first-order chi connectivity index (χ1) is 6.20. The molecule has 2 rings (SSSR count). The number of pyridine rings is 1. The number of anilines is 1. The molecule has 0 fully saturated rings. The molecule has 2 aromatic rings. The number of aromatic nitrogens is 1. The van der Waals surface area contributed by atoms with Gasteiger partial charge in [0.25, 0.3) is 0 Å². The molecule has 1 aromatic carbocycles. The number of aryl methyl sites for hydroxylation is 2. The van der Waals surface area contributed by atoms with Crippen LogP contribution in [0.4, 0.5) is 5.69 Å². The number of nitrogens with zero attached hydrogens (tertiary/aromatic N) is 1. The van der Waals surface area contributed by atoms with Gasteiger partial charge in [-0.15, -0.1) is 0 Å². The third-order valence-corrected chi connectivity index (χ3v) is 2.39. The standard InChI is InChI=1S/C11H12N2.11Ar/c1-7-6-10(12)8(2)9-4-3-5-13-11(7)9;;;;;;;;;;;/h3-6H,12H2,1-2H3;;;;;;;;;;;. The van der Waals surface area contributed by atoms with Gasteiger partial charge in [-0.3, -0.25) is 4.98 Å². The van der Waals surface area contributed by atoms with Crippen LogP contribution in [0.5, 0.6) is 0 Å². The Kier molecular flexibility index (Phi) is 108. The third-order valence-electron chi connectivity index (χ3n) is 2.39. The molecule has 0 radical (unpaired) electrons. The fourth-order valence-electron chi connectivity index (χ4n) is 1.59. The summed E-state index contributed by atoms with van der Waals surface area (Å²) in [6, 6.07) is 5.97. The van der Waals surface area contributed by atoms with E-state index in [0.29, 0.717) is 0 Å². The summed E-state index contributed by atoms with van der Waals surface area (Å²) in [6.07, 6.45) is 1.81. The van der Waals surface area contributed by atoms with Gasteiger partial charge >= 0.3 is 0 Å². The second-order valence-electron chi connectivity index (χ2n) is 3.31. The smallest absolute Gasteiger partial charge is 0.0735 e. The van der Waals surface area contributed by atoms with E-state index in [9.17, 15) is 0 Å². The van der Waals surface area contributed by atoms with Gasteiger partial charge in [-0.2, -0.15) is 0 Å². The van der Waals surface area contributed by atoms with Gasteiger partial charge in [0.2, 0.25) is 0 Å². The van der Waals surface area contributed by atoms with Crippen LogP contribution in [-0.2, 0) is 0 Å². The van der Waals surface area contributed by atoms with Crippen molar-refractivity contribution in [3.8, 4) is 0 Å². The van der Waals surface area contributed by atoms with Crippen LogP contribution in [0.3, 0.4) is 0 Å². The fraction of sp³-hybridized carbons (Fsp3) is 0.182. The van der Waals surface area contributed by atoms with Gasteiger partial charge in [0.05, 0.1) is 5.52 Å². The summed E-state index contributed by atoms with van der Waals surface area (Å²) in [5.74, 6) is 0. The van der Waals surface area contributed by atoms with Crippen molar-refractivity contribution in [3.63, 3.8) is 0 Å². The second kappa shape index (κ2) is 39.8. The average molecular weight is 612 g/mol. The zero-order valence-corrected chi connectivity index (χ0v) is 19.5. The summed E-state index contributed by atoms with van der Waals surface area (Å²) < 4.78 is 0. The Hall–Kier alpha value is 12.3. The maximum absolute atomic E-state index is 5.86. The quantitative estimate of drug-likeness (QED) is 0.466. The van der Waals surface area contributed by atoms with Crippen LogP contribution in [-0.4, -0.2) is 4.98 Å². The molecule has 0 amide bonds. The number of benzene rings is 1. The summed E-state index contributed by atoms with van der Waals surface area (Å²) in [5.41, 5.74) is 10.0. The molecule has 2 N–H and O–H groups in total. The number of fused-ring (bicyclic) bond motifs is 1. The minimum atomic E-state index is 0. The second-order valence-corrected chi connectivity index (χ2v) is 3.31. The SMILES string of the molecule is Cc1c(N)cc(C)c2ncccc12.[Ar].[Ar].[Ar].[Ar].[Ar].[Ar].[Ar].[Ar].[Ar].[Ar].[Ar]. The predicted octanol–water partition coefficient (Wildman–Crippen LogP) is 2.43. The van der Waals surface area contributed by atoms with E-state index in [-0.39, 0.29) is 415 Å². The van der Waals surface area contributed by atoms with Crippen molar-refractivity contribution in [2.45, 2.75) is 13.8 Å². The van der Waals surface area contributed by atoms with Crippen LogP contribution in [0.2, 0.25) is 0 Å². The van der Waals surface area contributed by atoms with Crippen LogP contribution in [0.15, 0.2) is 24.4 Å². The van der Waals surface area contributed by atoms with Crippen molar-refractivity contribution >= 4 is 16.6 Å². The van der Waals surface area contributed by atoms with Crippen molar-refractivity contribution in [2.75, 3.05) is 5.73 Å². The van der Waals surface area contributed by atoms with Crippen LogP contribution in [0.1, 0.15) is 11.1 Å². The van der Waals surface area contributed by atoms with Crippen molar-refractivity contribution in [1.82, 2.24) is 4.98 Å². The predicted molar refractivity (Wildman–Crippen MR) is 55.6 cm³/mol. The van der Waals surface area contributed by atoms with Gasteiger partial charge in [0.1, 0.15) is 0 Å². The van der Waals surface area contributed by atoms with E-state index < -0.39 is 0 Å². The molecule has 0 aliphatic carbocycles. The first-order valence-electron chi connectivity index (χ1n) is 4.30. The van der Waals surface area contributed by atoms with Gasteiger partial charge in [-0.25, -0.2) is 0 Å². The number of nitrogen functional groups attached to an aromatic ring is 1. The van der Waals surface area contributed by atoms with E-state index in [1.807, 2.05) is 32.2 Å². The average Bonchev–Trinajstić information content (AvgIpc) is 2.15. The molecule has 154 valence electrons. The number of hydrogen-bond acceptors (Lipinski definition) is 2. The van der Waals surface area contributed by atoms with E-state index >= 15 is 0 Å². The maximum Gasteiger partial charge on any atom is 0.0735 e. The molecular weight excluding hydrogens is 600 g/mol. The molecule has 0 aliphatic heterocycles. The van der Waals surface area contributed by atoms with Crippen molar-refractivity contribution in [2.24, 2.45) is 0 Å². The molecule has 0 atom stereocenters. The zero-order valence-electron chi connectivity index (χ0n) is 11.7. The molecule has 0 unspecified atom stereocenters. The Labute approximate surface area is 475 Å². The van der Waals surface area contributed by atoms with Crippen LogP contribution >= 0.6 is 0 Å². The van der Waals surface area contributed by atoms with E-state index in [2.05, 4.69) is 11.1 Å². The van der Waals surface area contributed by atoms with Gasteiger partial charge in [0.15, 0.2) is 0 Å². The Morgan fingerprint density at radius 1 is 0.750 bits per heavy atom. The summed E-state index contributed by atoms with van der Waals surface area (Å²) in [4.78, 5) is 4.33. The summed E-state index contributed by atoms with van der Waals surface area (Å²) >= 11 is 0. The molecule has 0 aliphatic rings. The number of nitrogens with two attached hydrogens (primary N) is 1. The minimum Gasteiger partial charge on any atom is -0.398 e. The number of hydrogen-bond donors (Lipinski definition) is 1. The molecule has 24 heavy (non-hydrogen) atoms. The third kappa shape index (κ3) is 24.6. The molecule has 1 heterocycles. The largest absolute Gasteiger partial charge is 0.398 e. The van der Waals surface area contributed by atoms with Crippen molar-refractivity contribution in [3.05, 3.63) is 35.5 Å². The van der Waals surface area contributed by atoms with Crippen molar-refractivity contribution in [1.29, 1.82) is 0 Å². The summed E-state index contributed by atoms with van der Waals surface area (Å²) in [7, 11) is 0. The topological polar surface area (TPSA) is 38.9 Å². The molecule has 1 aromatic heterocycles. The van der Waals surface area contributed by atoms with E-state index in [1.54, 1.807) is 0 Å². The first-order valence-corrected chi connectivity index (χ1v) is 4.30. The normalized spacial score (nSPS) is 5.75. The Balaban J connectivity index is -0.0000000223. The Bertz CT molecular complexity index is 485. The van der Waals surface area contributed by atoms with Crippen LogP contribution in [0.25, 0.3) is 10.9 Å². The van der Waals surface area contributed by atoms with Crippen LogP contribution < -0.4 is 5.73 Å². The summed E-state index contributed by atoms with van der Waals surface area (Å²) in [5, 5.41) is 1.15. The van der Waals surface area contributed by atoms with E-state index in [4.69, 9.17) is 5.73 Å². The molecule has 2 nitrogen and oxygen atoms in total.